The number of fused-ring (bicyclic) bond motifs is 1. The van der Waals surface area contributed by atoms with Crippen molar-refractivity contribution in [3.05, 3.63) is 35.4 Å². The van der Waals surface area contributed by atoms with Gasteiger partial charge in [-0.2, -0.15) is 0 Å². The third-order valence-corrected chi connectivity index (χ3v) is 4.24. The number of nitrogens with one attached hydrogen (secondary N) is 1. The van der Waals surface area contributed by atoms with Crippen LogP contribution >= 0.6 is 0 Å². The van der Waals surface area contributed by atoms with E-state index in [9.17, 15) is 9.59 Å². The molecule has 1 atom stereocenters. The van der Waals surface area contributed by atoms with Gasteiger partial charge in [0.05, 0.1) is 0 Å². The molecule has 1 N–H and O–H groups in total. The Kier molecular flexibility index (Phi) is 5.80. The van der Waals surface area contributed by atoms with Crippen LogP contribution in [0.1, 0.15) is 56.5 Å². The van der Waals surface area contributed by atoms with Crippen LogP contribution < -0.4 is 5.32 Å². The lowest BCUT2D eigenvalue weighted by Gasteiger charge is -2.28. The SMILES string of the molecule is CC(C)CCNC(=O)C(CC(C)C)N1Cc2ccccc2C1=O. The number of carbonyl (C=O) groups excluding carboxylic acids is 2. The Hall–Kier alpha value is -1.84. The van der Waals surface area contributed by atoms with E-state index < -0.39 is 0 Å². The number of benzene rings is 1. The van der Waals surface area contributed by atoms with E-state index in [1.165, 1.54) is 0 Å². The van der Waals surface area contributed by atoms with Crippen LogP contribution in [0, 0.1) is 11.8 Å². The van der Waals surface area contributed by atoms with Gasteiger partial charge in [-0.05, 0) is 36.3 Å². The second-order valence-corrected chi connectivity index (χ2v) is 7.21. The van der Waals surface area contributed by atoms with Crippen LogP contribution in [0.4, 0.5) is 0 Å². The van der Waals surface area contributed by atoms with E-state index >= 15 is 0 Å². The van der Waals surface area contributed by atoms with Crippen LogP contribution in [0.3, 0.4) is 0 Å². The summed E-state index contributed by atoms with van der Waals surface area (Å²) in [5, 5.41) is 3.01. The fourth-order valence-electron chi connectivity index (χ4n) is 2.95. The van der Waals surface area contributed by atoms with E-state index in [1.807, 2.05) is 24.3 Å². The molecule has 0 spiro atoms. The molecule has 1 aromatic rings. The van der Waals surface area contributed by atoms with Crippen molar-refractivity contribution in [1.82, 2.24) is 10.2 Å². The normalized spacial score (nSPS) is 15.2. The Morgan fingerprint density at radius 2 is 1.87 bits per heavy atom. The summed E-state index contributed by atoms with van der Waals surface area (Å²) in [4.78, 5) is 27.0. The van der Waals surface area contributed by atoms with Gasteiger partial charge >= 0.3 is 0 Å². The lowest BCUT2D eigenvalue weighted by molar-refractivity contribution is -0.126. The van der Waals surface area contributed by atoms with Crippen molar-refractivity contribution in [2.75, 3.05) is 6.54 Å². The molecular formula is C19H28N2O2. The molecule has 126 valence electrons. The first-order chi connectivity index (χ1) is 10.9. The highest BCUT2D eigenvalue weighted by molar-refractivity contribution is 6.01. The van der Waals surface area contributed by atoms with Crippen molar-refractivity contribution >= 4 is 11.8 Å². The van der Waals surface area contributed by atoms with Gasteiger partial charge in [0.1, 0.15) is 6.04 Å². The second-order valence-electron chi connectivity index (χ2n) is 7.21. The molecule has 0 fully saturated rings. The number of carbonyl (C=O) groups is 2. The van der Waals surface area contributed by atoms with Crippen molar-refractivity contribution in [1.29, 1.82) is 0 Å². The molecule has 1 heterocycles. The zero-order chi connectivity index (χ0) is 17.0. The smallest absolute Gasteiger partial charge is 0.255 e. The summed E-state index contributed by atoms with van der Waals surface area (Å²) in [6.45, 7) is 9.64. The summed E-state index contributed by atoms with van der Waals surface area (Å²) >= 11 is 0. The molecule has 1 aliphatic heterocycles. The largest absolute Gasteiger partial charge is 0.354 e. The third-order valence-electron chi connectivity index (χ3n) is 4.24. The van der Waals surface area contributed by atoms with Crippen molar-refractivity contribution in [3.8, 4) is 0 Å². The van der Waals surface area contributed by atoms with Crippen molar-refractivity contribution < 1.29 is 9.59 Å². The second kappa shape index (κ2) is 7.62. The van der Waals surface area contributed by atoms with Crippen LogP contribution in [0.5, 0.6) is 0 Å². The van der Waals surface area contributed by atoms with Crippen molar-refractivity contribution in [3.63, 3.8) is 0 Å². The van der Waals surface area contributed by atoms with Gasteiger partial charge < -0.3 is 10.2 Å². The Balaban J connectivity index is 2.10. The van der Waals surface area contributed by atoms with E-state index in [0.717, 1.165) is 17.5 Å². The van der Waals surface area contributed by atoms with Gasteiger partial charge in [-0.15, -0.1) is 0 Å². The van der Waals surface area contributed by atoms with Crippen LogP contribution in [0.25, 0.3) is 0 Å². The number of hydrogen-bond acceptors (Lipinski definition) is 2. The predicted molar refractivity (Wildman–Crippen MR) is 92.0 cm³/mol. The van der Waals surface area contributed by atoms with Crippen LogP contribution in [-0.2, 0) is 11.3 Å². The van der Waals surface area contributed by atoms with Crippen molar-refractivity contribution in [2.45, 2.75) is 53.1 Å². The molecule has 0 saturated carbocycles. The van der Waals surface area contributed by atoms with Gasteiger partial charge in [0.2, 0.25) is 5.91 Å². The Labute approximate surface area is 139 Å². The molecule has 2 amide bonds. The average molecular weight is 316 g/mol. The summed E-state index contributed by atoms with van der Waals surface area (Å²) in [5.41, 5.74) is 1.75. The highest BCUT2D eigenvalue weighted by Gasteiger charge is 2.36. The van der Waals surface area contributed by atoms with Gasteiger partial charge in [-0.25, -0.2) is 0 Å². The molecule has 0 saturated heterocycles. The Bertz CT molecular complexity index is 566. The summed E-state index contributed by atoms with van der Waals surface area (Å²) in [6, 6.07) is 7.25. The van der Waals surface area contributed by atoms with E-state index in [4.69, 9.17) is 0 Å². The minimum Gasteiger partial charge on any atom is -0.354 e. The highest BCUT2D eigenvalue weighted by Crippen LogP contribution is 2.26. The van der Waals surface area contributed by atoms with E-state index in [1.54, 1.807) is 4.90 Å². The lowest BCUT2D eigenvalue weighted by Crippen LogP contribution is -2.48. The van der Waals surface area contributed by atoms with Gasteiger partial charge in [0.15, 0.2) is 0 Å². The topological polar surface area (TPSA) is 49.4 Å². The Morgan fingerprint density at radius 3 is 2.48 bits per heavy atom. The zero-order valence-electron chi connectivity index (χ0n) is 14.6. The maximum Gasteiger partial charge on any atom is 0.255 e. The summed E-state index contributed by atoms with van der Waals surface area (Å²) < 4.78 is 0. The minimum atomic E-state index is -0.387. The molecule has 0 bridgehead atoms. The third kappa shape index (κ3) is 4.34. The summed E-state index contributed by atoms with van der Waals surface area (Å²) in [6.07, 6.45) is 1.64. The standard InChI is InChI=1S/C19H28N2O2/c1-13(2)9-10-20-18(22)17(11-14(3)4)21-12-15-7-5-6-8-16(15)19(21)23/h5-8,13-14,17H,9-12H2,1-4H3,(H,20,22). The molecule has 23 heavy (non-hydrogen) atoms. The van der Waals surface area contributed by atoms with Gasteiger partial charge in [0, 0.05) is 18.7 Å². The molecule has 1 unspecified atom stereocenters. The number of amides is 2. The Morgan fingerprint density at radius 1 is 1.17 bits per heavy atom. The van der Waals surface area contributed by atoms with Crippen molar-refractivity contribution in [2.24, 2.45) is 11.8 Å². The monoisotopic (exact) mass is 316 g/mol. The highest BCUT2D eigenvalue weighted by atomic mass is 16.2. The van der Waals surface area contributed by atoms with Gasteiger partial charge in [-0.1, -0.05) is 45.9 Å². The first-order valence-corrected chi connectivity index (χ1v) is 8.56. The number of hydrogen-bond donors (Lipinski definition) is 1. The predicted octanol–water partition coefficient (Wildman–Crippen LogP) is 3.22. The van der Waals surface area contributed by atoms with Crippen LogP contribution in [0.2, 0.25) is 0 Å². The molecule has 0 aromatic heterocycles. The van der Waals surface area contributed by atoms with Gasteiger partial charge in [0.25, 0.3) is 5.91 Å². The average Bonchev–Trinajstić information content (AvgIpc) is 2.81. The molecule has 4 heteroatoms. The molecule has 1 aromatic carbocycles. The maximum atomic E-state index is 12.7. The number of rotatable bonds is 7. The molecule has 0 aliphatic carbocycles. The first kappa shape index (κ1) is 17.5. The molecule has 1 aliphatic rings. The zero-order valence-corrected chi connectivity index (χ0v) is 14.6. The maximum absolute atomic E-state index is 12.7. The van der Waals surface area contributed by atoms with Crippen LogP contribution in [0.15, 0.2) is 24.3 Å². The van der Waals surface area contributed by atoms with E-state index in [2.05, 4.69) is 33.0 Å². The van der Waals surface area contributed by atoms with Crippen LogP contribution in [-0.4, -0.2) is 29.3 Å². The minimum absolute atomic E-state index is 0.0229. The first-order valence-electron chi connectivity index (χ1n) is 8.56. The lowest BCUT2D eigenvalue weighted by atomic mass is 10.0. The van der Waals surface area contributed by atoms with Gasteiger partial charge in [-0.3, -0.25) is 9.59 Å². The molecule has 4 nitrogen and oxygen atoms in total. The summed E-state index contributed by atoms with van der Waals surface area (Å²) in [7, 11) is 0. The van der Waals surface area contributed by atoms with E-state index in [0.29, 0.717) is 31.3 Å². The number of nitrogens with zero attached hydrogens (tertiary/aromatic N) is 1. The fourth-order valence-corrected chi connectivity index (χ4v) is 2.95. The molecule has 2 rings (SSSR count). The van der Waals surface area contributed by atoms with E-state index in [-0.39, 0.29) is 17.9 Å². The quantitative estimate of drug-likeness (QED) is 0.839. The molecule has 0 radical (unpaired) electrons. The molecular weight excluding hydrogens is 288 g/mol. The fraction of sp³-hybridized carbons (Fsp3) is 0.579. The summed E-state index contributed by atoms with van der Waals surface area (Å²) in [5.74, 6) is 0.856.